The number of rotatable bonds is 5. The Labute approximate surface area is 171 Å². The minimum absolute atomic E-state index is 0.00271. The Morgan fingerprint density at radius 1 is 1.30 bits per heavy atom. The molecule has 1 aromatic carbocycles. The normalized spacial score (nSPS) is 21.3. The van der Waals surface area contributed by atoms with Crippen LogP contribution in [0.25, 0.3) is 0 Å². The van der Waals surface area contributed by atoms with Crippen LogP contribution in [0, 0.1) is 0 Å². The predicted molar refractivity (Wildman–Crippen MR) is 100 cm³/mol. The number of hydrogen-bond acceptors (Lipinski definition) is 6. The largest absolute Gasteiger partial charge is 0.573 e. The Kier molecular flexibility index (Phi) is 6.06. The molecule has 0 N–H and O–H groups in total. The van der Waals surface area contributed by atoms with Crippen molar-refractivity contribution in [2.45, 2.75) is 38.2 Å². The van der Waals surface area contributed by atoms with Crippen LogP contribution in [0.3, 0.4) is 0 Å². The molecule has 12 heteroatoms. The molecule has 0 aliphatic carbocycles. The number of nitrogens with zero attached hydrogens (tertiary/aromatic N) is 3. The predicted octanol–water partition coefficient (Wildman–Crippen LogP) is 1.71. The lowest BCUT2D eigenvalue weighted by Gasteiger charge is -2.29. The molecule has 3 rings (SSSR count). The Morgan fingerprint density at radius 3 is 2.63 bits per heavy atom. The third-order valence-electron chi connectivity index (χ3n) is 4.81. The van der Waals surface area contributed by atoms with Crippen molar-refractivity contribution in [3.8, 4) is 5.75 Å². The number of amides is 2. The maximum Gasteiger partial charge on any atom is 0.573 e. The lowest BCUT2D eigenvalue weighted by Crippen LogP contribution is -2.44. The van der Waals surface area contributed by atoms with Crippen LogP contribution in [-0.2, 0) is 26.0 Å². The monoisotopic (exact) mass is 447 g/mol. The van der Waals surface area contributed by atoms with Gasteiger partial charge in [-0.1, -0.05) is 18.2 Å². The van der Waals surface area contributed by atoms with Crippen molar-refractivity contribution < 1.29 is 35.9 Å². The highest BCUT2D eigenvalue weighted by molar-refractivity contribution is 7.91. The van der Waals surface area contributed by atoms with Gasteiger partial charge in [0.25, 0.3) is 5.91 Å². The molecule has 2 amide bonds. The summed E-state index contributed by atoms with van der Waals surface area (Å²) in [7, 11) is -1.85. The van der Waals surface area contributed by atoms with Gasteiger partial charge in [0.05, 0.1) is 17.5 Å². The standard InChI is InChI=1S/C18H20F3N3O5S/c1-23(10-12-4-2-3-5-15(12)29-18(19,20)21)17(26)14-6-7-16(25)24(22-14)13-8-9-30(27,28)11-13/h2-5,13H,6-11H2,1H3. The molecule has 8 nitrogen and oxygen atoms in total. The van der Waals surface area contributed by atoms with E-state index >= 15 is 0 Å². The quantitative estimate of drug-likeness (QED) is 0.685. The fourth-order valence-corrected chi connectivity index (χ4v) is 5.08. The number of hydrazone groups is 1. The minimum atomic E-state index is -4.87. The van der Waals surface area contributed by atoms with E-state index in [1.807, 2.05) is 0 Å². The van der Waals surface area contributed by atoms with Gasteiger partial charge in [0, 0.05) is 32.0 Å². The van der Waals surface area contributed by atoms with Gasteiger partial charge in [-0.2, -0.15) is 5.10 Å². The summed E-state index contributed by atoms with van der Waals surface area (Å²) in [5.41, 5.74) is 0.201. The summed E-state index contributed by atoms with van der Waals surface area (Å²) in [6.45, 7) is -0.171. The summed E-state index contributed by atoms with van der Waals surface area (Å²) in [5.74, 6) is -1.59. The summed E-state index contributed by atoms with van der Waals surface area (Å²) >= 11 is 0. The van der Waals surface area contributed by atoms with Gasteiger partial charge in [-0.05, 0) is 12.5 Å². The number of carbonyl (C=O) groups excluding carboxylic acids is 2. The van der Waals surface area contributed by atoms with Gasteiger partial charge in [-0.15, -0.1) is 13.2 Å². The van der Waals surface area contributed by atoms with Crippen molar-refractivity contribution in [3.05, 3.63) is 29.8 Å². The summed E-state index contributed by atoms with van der Waals surface area (Å²) in [5, 5.41) is 5.15. The summed E-state index contributed by atoms with van der Waals surface area (Å²) < 4.78 is 65.2. The van der Waals surface area contributed by atoms with Gasteiger partial charge < -0.3 is 9.64 Å². The van der Waals surface area contributed by atoms with Crippen LogP contribution in [0.4, 0.5) is 13.2 Å². The molecule has 1 fully saturated rings. The van der Waals surface area contributed by atoms with Crippen molar-refractivity contribution in [2.75, 3.05) is 18.6 Å². The smallest absolute Gasteiger partial charge is 0.405 e. The second-order valence-electron chi connectivity index (χ2n) is 7.16. The number of carbonyl (C=O) groups is 2. The van der Waals surface area contributed by atoms with Crippen molar-refractivity contribution in [1.82, 2.24) is 9.91 Å². The van der Waals surface area contributed by atoms with Gasteiger partial charge in [-0.25, -0.2) is 13.4 Å². The molecule has 30 heavy (non-hydrogen) atoms. The molecular formula is C18H20F3N3O5S. The highest BCUT2D eigenvalue weighted by atomic mass is 32.2. The number of para-hydroxylation sites is 1. The zero-order valence-electron chi connectivity index (χ0n) is 16.1. The first kappa shape index (κ1) is 22.1. The first-order chi connectivity index (χ1) is 14.0. The number of alkyl halides is 3. The maximum absolute atomic E-state index is 12.8. The number of halogens is 3. The summed E-state index contributed by atoms with van der Waals surface area (Å²) in [6, 6.07) is 4.86. The van der Waals surface area contributed by atoms with Gasteiger partial charge in [0.1, 0.15) is 11.5 Å². The van der Waals surface area contributed by atoms with E-state index in [0.717, 1.165) is 11.1 Å². The van der Waals surface area contributed by atoms with Crippen molar-refractivity contribution in [3.63, 3.8) is 0 Å². The molecule has 1 aromatic rings. The van der Waals surface area contributed by atoms with Gasteiger partial charge in [0.15, 0.2) is 9.84 Å². The van der Waals surface area contributed by atoms with Crippen LogP contribution in [0.5, 0.6) is 5.75 Å². The Morgan fingerprint density at radius 2 is 2.00 bits per heavy atom. The topological polar surface area (TPSA) is 96.3 Å². The summed E-state index contributed by atoms with van der Waals surface area (Å²) in [4.78, 5) is 26.1. The zero-order chi connectivity index (χ0) is 22.1. The van der Waals surface area contributed by atoms with Crippen molar-refractivity contribution in [1.29, 1.82) is 0 Å². The molecule has 164 valence electrons. The third-order valence-corrected chi connectivity index (χ3v) is 6.56. The van der Waals surface area contributed by atoms with Gasteiger partial charge in [0.2, 0.25) is 5.91 Å². The molecular weight excluding hydrogens is 427 g/mol. The van der Waals surface area contributed by atoms with Crippen LogP contribution >= 0.6 is 0 Å². The van der Waals surface area contributed by atoms with E-state index < -0.39 is 33.9 Å². The first-order valence-electron chi connectivity index (χ1n) is 9.14. The summed E-state index contributed by atoms with van der Waals surface area (Å²) in [6.07, 6.45) is -4.55. The number of benzene rings is 1. The highest BCUT2D eigenvalue weighted by Crippen LogP contribution is 2.27. The Balaban J connectivity index is 1.75. The molecule has 1 unspecified atom stereocenters. The van der Waals surface area contributed by atoms with E-state index in [0.29, 0.717) is 0 Å². The lowest BCUT2D eigenvalue weighted by molar-refractivity contribution is -0.275. The molecule has 0 aromatic heterocycles. The van der Waals surface area contributed by atoms with E-state index in [1.54, 1.807) is 0 Å². The fourth-order valence-electron chi connectivity index (χ4n) is 3.39. The van der Waals surface area contributed by atoms with Crippen molar-refractivity contribution in [2.24, 2.45) is 5.10 Å². The lowest BCUT2D eigenvalue weighted by atomic mass is 10.1. The van der Waals surface area contributed by atoms with E-state index in [4.69, 9.17) is 0 Å². The van der Waals surface area contributed by atoms with Crippen LogP contribution < -0.4 is 4.74 Å². The maximum atomic E-state index is 12.8. The van der Waals surface area contributed by atoms with E-state index in [9.17, 15) is 31.2 Å². The SMILES string of the molecule is CN(Cc1ccccc1OC(F)(F)F)C(=O)C1=NN(C2CCS(=O)(=O)C2)C(=O)CC1. The molecule has 2 aliphatic rings. The molecule has 0 radical (unpaired) electrons. The second kappa shape index (κ2) is 8.25. The average Bonchev–Trinajstić information content (AvgIpc) is 3.01. The number of hydrogen-bond donors (Lipinski definition) is 0. The van der Waals surface area contributed by atoms with Crippen LogP contribution in [-0.4, -0.2) is 66.8 Å². The van der Waals surface area contributed by atoms with Gasteiger partial charge in [-0.3, -0.25) is 9.59 Å². The molecule has 0 spiro atoms. The van der Waals surface area contributed by atoms with Crippen molar-refractivity contribution >= 4 is 27.4 Å². The van der Waals surface area contributed by atoms with E-state index in [1.165, 1.54) is 30.1 Å². The minimum Gasteiger partial charge on any atom is -0.405 e. The third kappa shape index (κ3) is 5.29. The fraction of sp³-hybridized carbons (Fsp3) is 0.500. The highest BCUT2D eigenvalue weighted by Gasteiger charge is 2.38. The Bertz CT molecular complexity index is 978. The Hall–Kier alpha value is -2.63. The zero-order valence-corrected chi connectivity index (χ0v) is 16.9. The van der Waals surface area contributed by atoms with E-state index in [2.05, 4.69) is 9.84 Å². The second-order valence-corrected chi connectivity index (χ2v) is 9.39. The van der Waals surface area contributed by atoms with Crippen LogP contribution in [0.2, 0.25) is 0 Å². The first-order valence-corrected chi connectivity index (χ1v) is 11.0. The molecule has 1 saturated heterocycles. The van der Waals surface area contributed by atoms with Crippen LogP contribution in [0.15, 0.2) is 29.4 Å². The van der Waals surface area contributed by atoms with Gasteiger partial charge >= 0.3 is 6.36 Å². The molecule has 2 aliphatic heterocycles. The molecule has 0 saturated carbocycles. The number of ether oxygens (including phenoxy) is 1. The average molecular weight is 447 g/mol. The number of sulfone groups is 1. The molecule has 0 bridgehead atoms. The molecule has 2 heterocycles. The van der Waals surface area contributed by atoms with Crippen LogP contribution in [0.1, 0.15) is 24.8 Å². The van der Waals surface area contributed by atoms with E-state index in [-0.39, 0.29) is 54.5 Å². The molecule has 1 atom stereocenters.